The van der Waals surface area contributed by atoms with Gasteiger partial charge in [0.15, 0.2) is 5.78 Å². The summed E-state index contributed by atoms with van der Waals surface area (Å²) in [6.45, 7) is 1.40. The summed E-state index contributed by atoms with van der Waals surface area (Å²) >= 11 is 1.48. The zero-order valence-corrected chi connectivity index (χ0v) is 9.14. The quantitative estimate of drug-likeness (QED) is 0.617. The molecule has 0 bridgehead atoms. The molecule has 4 heteroatoms. The van der Waals surface area contributed by atoms with Crippen LogP contribution in [0.25, 0.3) is 0 Å². The second-order valence-electron chi connectivity index (χ2n) is 2.78. The average molecular weight is 212 g/mol. The van der Waals surface area contributed by atoms with Gasteiger partial charge in [0.25, 0.3) is 0 Å². The van der Waals surface area contributed by atoms with Crippen LogP contribution in [0, 0.1) is 0 Å². The van der Waals surface area contributed by atoms with Crippen molar-refractivity contribution in [3.63, 3.8) is 0 Å². The number of hydrogen-bond acceptors (Lipinski definition) is 4. The maximum Gasteiger partial charge on any atom is 0.167 e. The molecular weight excluding hydrogens is 200 g/mol. The van der Waals surface area contributed by atoms with E-state index in [0.717, 1.165) is 4.90 Å². The smallest absolute Gasteiger partial charge is 0.167 e. The van der Waals surface area contributed by atoms with Crippen LogP contribution in [0.5, 0.6) is 11.5 Å². The minimum absolute atomic E-state index is 0.0267. The Morgan fingerprint density at radius 3 is 2.57 bits per heavy atom. The molecule has 0 unspecified atom stereocenters. The number of aromatic hydroxyl groups is 1. The first-order valence-electron chi connectivity index (χ1n) is 4.06. The first-order chi connectivity index (χ1) is 6.60. The van der Waals surface area contributed by atoms with Crippen LogP contribution in [0.15, 0.2) is 17.0 Å². The van der Waals surface area contributed by atoms with E-state index in [2.05, 4.69) is 0 Å². The fourth-order valence-electron chi connectivity index (χ4n) is 1.21. The summed E-state index contributed by atoms with van der Waals surface area (Å²) in [5, 5.41) is 9.59. The van der Waals surface area contributed by atoms with Gasteiger partial charge in [-0.25, -0.2) is 0 Å². The summed E-state index contributed by atoms with van der Waals surface area (Å²) in [4.78, 5) is 12.1. The molecule has 1 aromatic rings. The number of thioether (sulfide) groups is 1. The third-order valence-corrected chi connectivity index (χ3v) is 2.57. The van der Waals surface area contributed by atoms with Crippen LogP contribution in [-0.2, 0) is 0 Å². The van der Waals surface area contributed by atoms with Gasteiger partial charge < -0.3 is 9.84 Å². The van der Waals surface area contributed by atoms with E-state index in [9.17, 15) is 9.90 Å². The summed E-state index contributed by atoms with van der Waals surface area (Å²) in [6.07, 6.45) is 1.89. The van der Waals surface area contributed by atoms with Crippen molar-refractivity contribution in [1.29, 1.82) is 0 Å². The first kappa shape index (κ1) is 10.9. The molecule has 1 rings (SSSR count). The second-order valence-corrected chi connectivity index (χ2v) is 3.66. The van der Waals surface area contributed by atoms with Gasteiger partial charge in [0.1, 0.15) is 17.1 Å². The number of carbonyl (C=O) groups excluding carboxylic acids is 1. The molecule has 0 aliphatic carbocycles. The SMILES string of the molecule is COc1cc(SC)cc(O)c1C(C)=O. The van der Waals surface area contributed by atoms with Crippen LogP contribution in [-0.4, -0.2) is 24.3 Å². The van der Waals surface area contributed by atoms with E-state index in [1.165, 1.54) is 25.8 Å². The Morgan fingerprint density at radius 1 is 1.50 bits per heavy atom. The Labute approximate surface area is 87.1 Å². The molecule has 3 nitrogen and oxygen atoms in total. The summed E-state index contributed by atoms with van der Waals surface area (Å²) in [6, 6.07) is 3.30. The zero-order chi connectivity index (χ0) is 10.7. The lowest BCUT2D eigenvalue weighted by atomic mass is 10.1. The molecule has 0 heterocycles. The normalized spacial score (nSPS) is 9.93. The lowest BCUT2D eigenvalue weighted by molar-refractivity contribution is 0.101. The highest BCUT2D eigenvalue weighted by Crippen LogP contribution is 2.33. The van der Waals surface area contributed by atoms with Crippen LogP contribution in [0.3, 0.4) is 0 Å². The highest BCUT2D eigenvalue weighted by Gasteiger charge is 2.14. The number of carbonyl (C=O) groups is 1. The molecule has 0 atom stereocenters. The van der Waals surface area contributed by atoms with Gasteiger partial charge in [0.05, 0.1) is 7.11 Å². The molecule has 0 saturated carbocycles. The standard InChI is InChI=1S/C10H12O3S/c1-6(11)10-8(12)4-7(14-3)5-9(10)13-2/h4-5,12H,1-3H3. The van der Waals surface area contributed by atoms with Crippen molar-refractivity contribution in [2.45, 2.75) is 11.8 Å². The van der Waals surface area contributed by atoms with Gasteiger partial charge in [-0.3, -0.25) is 4.79 Å². The number of phenolic OH excluding ortho intramolecular Hbond substituents is 1. The number of ether oxygens (including phenoxy) is 1. The lowest BCUT2D eigenvalue weighted by Gasteiger charge is -2.09. The number of hydrogen-bond donors (Lipinski definition) is 1. The minimum Gasteiger partial charge on any atom is -0.507 e. The second kappa shape index (κ2) is 4.37. The number of benzene rings is 1. The highest BCUT2D eigenvalue weighted by molar-refractivity contribution is 7.98. The van der Waals surface area contributed by atoms with Crippen molar-refractivity contribution < 1.29 is 14.6 Å². The predicted molar refractivity (Wildman–Crippen MR) is 56.4 cm³/mol. The van der Waals surface area contributed by atoms with E-state index >= 15 is 0 Å². The van der Waals surface area contributed by atoms with Gasteiger partial charge in [-0.2, -0.15) is 0 Å². The third kappa shape index (κ3) is 2.01. The molecule has 76 valence electrons. The maximum atomic E-state index is 11.2. The Hall–Kier alpha value is -1.16. The molecule has 14 heavy (non-hydrogen) atoms. The van der Waals surface area contributed by atoms with E-state index in [0.29, 0.717) is 5.75 Å². The molecule has 0 aliphatic heterocycles. The molecule has 1 N–H and O–H groups in total. The Kier molecular flexibility index (Phi) is 3.41. The van der Waals surface area contributed by atoms with E-state index in [1.54, 1.807) is 12.1 Å². The Bertz CT molecular complexity index is 361. The fraction of sp³-hybridized carbons (Fsp3) is 0.300. The van der Waals surface area contributed by atoms with Gasteiger partial charge in [-0.05, 0) is 25.3 Å². The fourth-order valence-corrected chi connectivity index (χ4v) is 1.66. The van der Waals surface area contributed by atoms with Crippen LogP contribution < -0.4 is 4.74 Å². The number of rotatable bonds is 3. The molecular formula is C10H12O3S. The molecule has 0 fully saturated rings. The Balaban J connectivity index is 3.34. The van der Waals surface area contributed by atoms with Crippen molar-refractivity contribution >= 4 is 17.5 Å². The van der Waals surface area contributed by atoms with Crippen LogP contribution in [0.2, 0.25) is 0 Å². The van der Waals surface area contributed by atoms with Gasteiger partial charge in [-0.15, -0.1) is 11.8 Å². The molecule has 0 radical (unpaired) electrons. The largest absolute Gasteiger partial charge is 0.507 e. The lowest BCUT2D eigenvalue weighted by Crippen LogP contribution is -1.98. The van der Waals surface area contributed by atoms with Gasteiger partial charge in [-0.1, -0.05) is 0 Å². The third-order valence-electron chi connectivity index (χ3n) is 1.86. The monoisotopic (exact) mass is 212 g/mol. The summed E-state index contributed by atoms with van der Waals surface area (Å²) in [5.41, 5.74) is 0.241. The first-order valence-corrected chi connectivity index (χ1v) is 5.28. The number of methoxy groups -OCH3 is 1. The van der Waals surface area contributed by atoms with Gasteiger partial charge in [0.2, 0.25) is 0 Å². The van der Waals surface area contributed by atoms with Crippen molar-refractivity contribution in [1.82, 2.24) is 0 Å². The maximum absolute atomic E-state index is 11.2. The van der Waals surface area contributed by atoms with Crippen molar-refractivity contribution in [3.05, 3.63) is 17.7 Å². The average Bonchev–Trinajstić information content (AvgIpc) is 2.15. The topological polar surface area (TPSA) is 46.5 Å². The number of Topliss-reactive ketones (excluding diaryl/α,β-unsaturated/α-hetero) is 1. The molecule has 0 aliphatic rings. The minimum atomic E-state index is -0.202. The summed E-state index contributed by atoms with van der Waals surface area (Å²) in [5.74, 6) is 0.190. The van der Waals surface area contributed by atoms with E-state index < -0.39 is 0 Å². The molecule has 0 saturated heterocycles. The molecule has 1 aromatic carbocycles. The van der Waals surface area contributed by atoms with E-state index in [1.807, 2.05) is 6.26 Å². The van der Waals surface area contributed by atoms with Crippen molar-refractivity contribution in [2.75, 3.05) is 13.4 Å². The molecule has 0 amide bonds. The van der Waals surface area contributed by atoms with Crippen molar-refractivity contribution in [3.8, 4) is 11.5 Å². The van der Waals surface area contributed by atoms with E-state index in [4.69, 9.17) is 4.74 Å². The summed E-state index contributed by atoms with van der Waals surface area (Å²) < 4.78 is 5.04. The summed E-state index contributed by atoms with van der Waals surface area (Å²) in [7, 11) is 1.48. The molecule has 0 aromatic heterocycles. The highest BCUT2D eigenvalue weighted by atomic mass is 32.2. The molecule has 0 spiro atoms. The Morgan fingerprint density at radius 2 is 2.14 bits per heavy atom. The van der Waals surface area contributed by atoms with E-state index in [-0.39, 0.29) is 17.1 Å². The predicted octanol–water partition coefficient (Wildman–Crippen LogP) is 2.33. The van der Waals surface area contributed by atoms with Crippen LogP contribution in [0.4, 0.5) is 0 Å². The van der Waals surface area contributed by atoms with Crippen LogP contribution in [0.1, 0.15) is 17.3 Å². The van der Waals surface area contributed by atoms with Gasteiger partial charge in [0, 0.05) is 4.90 Å². The van der Waals surface area contributed by atoms with Crippen molar-refractivity contribution in [2.24, 2.45) is 0 Å². The van der Waals surface area contributed by atoms with Gasteiger partial charge >= 0.3 is 0 Å². The number of phenols is 1. The zero-order valence-electron chi connectivity index (χ0n) is 8.33. The number of ketones is 1. The van der Waals surface area contributed by atoms with Crippen LogP contribution >= 0.6 is 11.8 Å².